The number of nitrogens with one attached hydrogen (secondary N) is 2. The molecule has 3 aromatic heterocycles. The molecule has 0 aliphatic carbocycles. The van der Waals surface area contributed by atoms with Gasteiger partial charge in [-0.3, -0.25) is 5.10 Å². The summed E-state index contributed by atoms with van der Waals surface area (Å²) < 4.78 is 13.6. The molecule has 0 aliphatic rings. The van der Waals surface area contributed by atoms with Crippen LogP contribution in [0, 0.1) is 5.82 Å². The predicted octanol–water partition coefficient (Wildman–Crippen LogP) is 2.09. The smallest absolute Gasteiger partial charge is 0.150 e. The average Bonchev–Trinajstić information content (AvgIpc) is 2.85. The summed E-state index contributed by atoms with van der Waals surface area (Å²) in [5.41, 5.74) is 1.92. The molecule has 0 aromatic carbocycles. The van der Waals surface area contributed by atoms with Crippen LogP contribution in [0.2, 0.25) is 0 Å². The van der Waals surface area contributed by atoms with E-state index in [1.165, 1.54) is 6.20 Å². The molecule has 0 spiro atoms. The first-order chi connectivity index (χ1) is 7.36. The quantitative estimate of drug-likeness (QED) is 0.634. The molecule has 3 aromatic rings. The molecule has 0 amide bonds. The van der Waals surface area contributed by atoms with Crippen LogP contribution in [0.15, 0.2) is 30.9 Å². The first kappa shape index (κ1) is 8.16. The van der Waals surface area contributed by atoms with Gasteiger partial charge in [0, 0.05) is 28.9 Å². The zero-order chi connectivity index (χ0) is 10.3. The number of nitrogens with zero attached hydrogens (tertiary/aromatic N) is 2. The van der Waals surface area contributed by atoms with Crippen LogP contribution in [0.1, 0.15) is 0 Å². The van der Waals surface area contributed by atoms with Crippen molar-refractivity contribution in [2.75, 3.05) is 0 Å². The summed E-state index contributed by atoms with van der Waals surface area (Å²) >= 11 is 0. The lowest BCUT2D eigenvalue weighted by Gasteiger charge is -2.00. The van der Waals surface area contributed by atoms with Crippen LogP contribution in [0.4, 0.5) is 4.39 Å². The van der Waals surface area contributed by atoms with Crippen LogP contribution in [-0.2, 0) is 0 Å². The molecule has 0 aliphatic heterocycles. The molecular weight excluding hydrogens is 195 g/mol. The first-order valence-electron chi connectivity index (χ1n) is 4.47. The lowest BCUT2D eigenvalue weighted by molar-refractivity contribution is 0.627. The predicted molar refractivity (Wildman–Crippen MR) is 53.6 cm³/mol. The van der Waals surface area contributed by atoms with E-state index in [-0.39, 0.29) is 5.82 Å². The van der Waals surface area contributed by atoms with Gasteiger partial charge in [-0.05, 0) is 6.07 Å². The fourth-order valence-electron chi connectivity index (χ4n) is 1.66. The number of hydrogen-bond donors (Lipinski definition) is 2. The molecule has 15 heavy (non-hydrogen) atoms. The summed E-state index contributed by atoms with van der Waals surface area (Å²) in [5.74, 6) is -0.344. The van der Waals surface area contributed by atoms with Crippen LogP contribution in [0.25, 0.3) is 22.2 Å². The Bertz CT molecular complexity index is 597. The molecule has 0 saturated carbocycles. The van der Waals surface area contributed by atoms with Gasteiger partial charge in [0.2, 0.25) is 0 Å². The average molecular weight is 202 g/mol. The van der Waals surface area contributed by atoms with Gasteiger partial charge >= 0.3 is 0 Å². The Labute approximate surface area is 84.2 Å². The molecule has 0 saturated heterocycles. The highest BCUT2D eigenvalue weighted by atomic mass is 19.1. The summed E-state index contributed by atoms with van der Waals surface area (Å²) in [6.07, 6.45) is 6.19. The lowest BCUT2D eigenvalue weighted by Crippen LogP contribution is -1.87. The second-order valence-electron chi connectivity index (χ2n) is 3.21. The molecule has 0 bridgehead atoms. The fraction of sp³-hybridized carbons (Fsp3) is 0. The van der Waals surface area contributed by atoms with Crippen LogP contribution in [-0.4, -0.2) is 20.2 Å². The van der Waals surface area contributed by atoms with E-state index in [4.69, 9.17) is 0 Å². The Hall–Kier alpha value is -2.17. The van der Waals surface area contributed by atoms with Crippen LogP contribution < -0.4 is 0 Å². The first-order valence-corrected chi connectivity index (χ1v) is 4.47. The van der Waals surface area contributed by atoms with Gasteiger partial charge in [0.15, 0.2) is 0 Å². The Kier molecular flexibility index (Phi) is 1.58. The topological polar surface area (TPSA) is 57.4 Å². The molecule has 2 N–H and O–H groups in total. The zero-order valence-electron chi connectivity index (χ0n) is 7.66. The molecule has 74 valence electrons. The summed E-state index contributed by atoms with van der Waals surface area (Å²) in [6, 6.07) is 1.80. The van der Waals surface area contributed by atoms with Crippen molar-refractivity contribution in [1.29, 1.82) is 0 Å². The van der Waals surface area contributed by atoms with Gasteiger partial charge < -0.3 is 4.98 Å². The summed E-state index contributed by atoms with van der Waals surface area (Å²) in [7, 11) is 0. The van der Waals surface area contributed by atoms with Gasteiger partial charge in [0.25, 0.3) is 0 Å². The summed E-state index contributed by atoms with van der Waals surface area (Å²) in [4.78, 5) is 6.89. The van der Waals surface area contributed by atoms with Crippen molar-refractivity contribution in [3.63, 3.8) is 0 Å². The molecule has 5 heteroatoms. The maximum absolute atomic E-state index is 13.6. The number of H-pyrrole nitrogens is 2. The third kappa shape index (κ3) is 1.13. The van der Waals surface area contributed by atoms with Crippen molar-refractivity contribution in [2.45, 2.75) is 0 Å². The molecular formula is C10H7FN4. The Morgan fingerprint density at radius 2 is 2.20 bits per heavy atom. The van der Waals surface area contributed by atoms with E-state index in [0.717, 1.165) is 10.9 Å². The van der Waals surface area contributed by atoms with Crippen LogP contribution in [0.5, 0.6) is 0 Å². The minimum atomic E-state index is -0.344. The highest BCUT2D eigenvalue weighted by Gasteiger charge is 2.12. The van der Waals surface area contributed by atoms with Crippen molar-refractivity contribution < 1.29 is 4.39 Å². The van der Waals surface area contributed by atoms with E-state index >= 15 is 0 Å². The third-order valence-electron chi connectivity index (χ3n) is 2.33. The molecule has 3 heterocycles. The zero-order valence-corrected chi connectivity index (χ0v) is 7.66. The van der Waals surface area contributed by atoms with Crippen molar-refractivity contribution in [2.24, 2.45) is 0 Å². The maximum atomic E-state index is 13.6. The minimum Gasteiger partial charge on any atom is -0.346 e. The standard InChI is InChI=1S/C10H7FN4/c11-8-5-13-10-7(1-2-12-10)9(8)6-3-14-15-4-6/h1-5H,(H,12,13)(H,14,15). The Morgan fingerprint density at radius 1 is 1.27 bits per heavy atom. The van der Waals surface area contributed by atoms with E-state index in [0.29, 0.717) is 11.2 Å². The number of aromatic nitrogens is 4. The number of aromatic amines is 2. The van der Waals surface area contributed by atoms with E-state index in [1.807, 2.05) is 0 Å². The highest BCUT2D eigenvalue weighted by Crippen LogP contribution is 2.28. The number of pyridine rings is 1. The second kappa shape index (κ2) is 2.91. The van der Waals surface area contributed by atoms with Gasteiger partial charge in [-0.15, -0.1) is 0 Å². The van der Waals surface area contributed by atoms with Crippen LogP contribution >= 0.6 is 0 Å². The van der Waals surface area contributed by atoms with Crippen LogP contribution in [0.3, 0.4) is 0 Å². The lowest BCUT2D eigenvalue weighted by atomic mass is 10.1. The monoisotopic (exact) mass is 202 g/mol. The number of fused-ring (bicyclic) bond motifs is 1. The van der Waals surface area contributed by atoms with Gasteiger partial charge in [-0.1, -0.05) is 0 Å². The van der Waals surface area contributed by atoms with Gasteiger partial charge in [-0.25, -0.2) is 9.37 Å². The maximum Gasteiger partial charge on any atom is 0.150 e. The molecule has 0 radical (unpaired) electrons. The summed E-state index contributed by atoms with van der Waals surface area (Å²) in [5, 5.41) is 7.23. The fourth-order valence-corrected chi connectivity index (χ4v) is 1.66. The second-order valence-corrected chi connectivity index (χ2v) is 3.21. The van der Waals surface area contributed by atoms with E-state index in [9.17, 15) is 4.39 Å². The number of hydrogen-bond acceptors (Lipinski definition) is 2. The van der Waals surface area contributed by atoms with Gasteiger partial charge in [0.05, 0.1) is 12.4 Å². The van der Waals surface area contributed by atoms with E-state index < -0.39 is 0 Å². The largest absolute Gasteiger partial charge is 0.346 e. The number of halogens is 1. The Morgan fingerprint density at radius 3 is 3.00 bits per heavy atom. The van der Waals surface area contributed by atoms with Crippen molar-refractivity contribution in [3.05, 3.63) is 36.7 Å². The third-order valence-corrected chi connectivity index (χ3v) is 2.33. The molecule has 4 nitrogen and oxygen atoms in total. The normalized spacial score (nSPS) is 11.0. The molecule has 3 rings (SSSR count). The van der Waals surface area contributed by atoms with Gasteiger partial charge in [0.1, 0.15) is 11.5 Å². The summed E-state index contributed by atoms with van der Waals surface area (Å²) in [6.45, 7) is 0. The number of rotatable bonds is 1. The van der Waals surface area contributed by atoms with Crippen molar-refractivity contribution >= 4 is 11.0 Å². The van der Waals surface area contributed by atoms with E-state index in [2.05, 4.69) is 20.2 Å². The van der Waals surface area contributed by atoms with Gasteiger partial charge in [-0.2, -0.15) is 5.10 Å². The SMILES string of the molecule is Fc1cnc2[nH]ccc2c1-c1cn[nH]c1. The molecule has 0 unspecified atom stereocenters. The minimum absolute atomic E-state index is 0.344. The van der Waals surface area contributed by atoms with E-state index in [1.54, 1.807) is 24.7 Å². The molecule has 0 fully saturated rings. The van der Waals surface area contributed by atoms with Crippen molar-refractivity contribution in [1.82, 2.24) is 20.2 Å². The van der Waals surface area contributed by atoms with Crippen molar-refractivity contribution in [3.8, 4) is 11.1 Å². The molecule has 0 atom stereocenters. The highest BCUT2D eigenvalue weighted by molar-refractivity contribution is 5.92. The Balaban J connectivity index is 2.41.